The van der Waals surface area contributed by atoms with E-state index in [9.17, 15) is 5.11 Å². The number of anilines is 4. The third-order valence-electron chi connectivity index (χ3n) is 5.73. The van der Waals surface area contributed by atoms with E-state index in [0.717, 1.165) is 62.4 Å². The lowest BCUT2D eigenvalue weighted by Crippen LogP contribution is -2.40. The van der Waals surface area contributed by atoms with Gasteiger partial charge < -0.3 is 20.6 Å². The summed E-state index contributed by atoms with van der Waals surface area (Å²) in [7, 11) is 0. The maximum absolute atomic E-state index is 9.47. The topological polar surface area (TPSA) is 73.3 Å². The summed E-state index contributed by atoms with van der Waals surface area (Å²) in [6, 6.07) is 8.93. The summed E-state index contributed by atoms with van der Waals surface area (Å²) < 4.78 is 0. The van der Waals surface area contributed by atoms with Crippen LogP contribution in [-0.4, -0.2) is 40.8 Å². The van der Waals surface area contributed by atoms with Crippen molar-refractivity contribution in [3.63, 3.8) is 0 Å². The predicted molar refractivity (Wildman–Crippen MR) is 115 cm³/mol. The van der Waals surface area contributed by atoms with Gasteiger partial charge in [0.2, 0.25) is 5.95 Å². The van der Waals surface area contributed by atoms with E-state index in [0.29, 0.717) is 12.0 Å². The first-order chi connectivity index (χ1) is 13.8. The van der Waals surface area contributed by atoms with E-state index >= 15 is 0 Å². The quantitative estimate of drug-likeness (QED) is 0.676. The van der Waals surface area contributed by atoms with Crippen molar-refractivity contribution in [2.45, 2.75) is 57.9 Å². The van der Waals surface area contributed by atoms with Gasteiger partial charge in [-0.15, -0.1) is 0 Å². The Morgan fingerprint density at radius 1 is 1.25 bits per heavy atom. The SMILES string of the molecule is CCCc1cc(N2CCCCC2CCO)nc(Nc2ccc3c(c2)NCC3)n1. The first kappa shape index (κ1) is 19.0. The lowest BCUT2D eigenvalue weighted by atomic mass is 9.99. The van der Waals surface area contributed by atoms with Gasteiger partial charge in [-0.2, -0.15) is 4.98 Å². The van der Waals surface area contributed by atoms with Crippen molar-refractivity contribution in [1.82, 2.24) is 9.97 Å². The summed E-state index contributed by atoms with van der Waals surface area (Å²) >= 11 is 0. The molecular formula is C22H31N5O. The number of piperidine rings is 1. The number of hydrogen-bond donors (Lipinski definition) is 3. The Hall–Kier alpha value is -2.34. The molecule has 2 aliphatic heterocycles. The molecule has 0 amide bonds. The molecule has 1 unspecified atom stereocenters. The highest BCUT2D eigenvalue weighted by molar-refractivity contribution is 5.67. The van der Waals surface area contributed by atoms with Crippen molar-refractivity contribution < 1.29 is 5.11 Å². The molecule has 2 aromatic rings. The van der Waals surface area contributed by atoms with Crippen molar-refractivity contribution in [3.8, 4) is 0 Å². The Morgan fingerprint density at radius 3 is 3.04 bits per heavy atom. The van der Waals surface area contributed by atoms with Crippen molar-refractivity contribution >= 4 is 23.1 Å². The molecule has 28 heavy (non-hydrogen) atoms. The van der Waals surface area contributed by atoms with Gasteiger partial charge >= 0.3 is 0 Å². The van der Waals surface area contributed by atoms with E-state index in [1.54, 1.807) is 0 Å². The van der Waals surface area contributed by atoms with Gasteiger partial charge in [0.05, 0.1) is 0 Å². The number of nitrogens with one attached hydrogen (secondary N) is 2. The molecule has 0 spiro atoms. The summed E-state index contributed by atoms with van der Waals surface area (Å²) in [5, 5.41) is 16.3. The van der Waals surface area contributed by atoms with Crippen LogP contribution in [-0.2, 0) is 12.8 Å². The fourth-order valence-corrected chi connectivity index (χ4v) is 4.32. The van der Waals surface area contributed by atoms with E-state index in [-0.39, 0.29) is 6.61 Å². The van der Waals surface area contributed by atoms with Crippen LogP contribution in [0.4, 0.5) is 23.1 Å². The standard InChI is InChI=1S/C22H31N5O/c1-2-5-17-15-21(27-12-4-3-6-19(27)10-13-28)26-22(24-17)25-18-8-7-16-9-11-23-20(16)14-18/h7-8,14-15,19,23,28H,2-6,9-13H2,1H3,(H,24,25,26). The zero-order valence-electron chi connectivity index (χ0n) is 16.7. The Balaban J connectivity index is 1.61. The number of aryl methyl sites for hydroxylation is 1. The summed E-state index contributed by atoms with van der Waals surface area (Å²) in [5.41, 5.74) is 4.65. The lowest BCUT2D eigenvalue weighted by Gasteiger charge is -2.36. The van der Waals surface area contributed by atoms with Gasteiger partial charge in [0.15, 0.2) is 0 Å². The number of aliphatic hydroxyl groups excluding tert-OH is 1. The number of nitrogens with zero attached hydrogens (tertiary/aromatic N) is 3. The summed E-state index contributed by atoms with van der Waals surface area (Å²) in [5.74, 6) is 1.64. The molecule has 3 heterocycles. The number of aliphatic hydroxyl groups is 1. The van der Waals surface area contributed by atoms with Gasteiger partial charge in [0, 0.05) is 48.9 Å². The summed E-state index contributed by atoms with van der Waals surface area (Å²) in [6.45, 7) is 4.40. The highest BCUT2D eigenvalue weighted by atomic mass is 16.3. The molecule has 0 radical (unpaired) electrons. The number of aromatic nitrogens is 2. The maximum atomic E-state index is 9.47. The van der Waals surface area contributed by atoms with Gasteiger partial charge in [-0.25, -0.2) is 4.98 Å². The number of fused-ring (bicyclic) bond motifs is 1. The van der Waals surface area contributed by atoms with E-state index in [1.807, 2.05) is 0 Å². The Labute approximate surface area is 167 Å². The average Bonchev–Trinajstić information content (AvgIpc) is 3.17. The van der Waals surface area contributed by atoms with Gasteiger partial charge in [-0.1, -0.05) is 19.4 Å². The Bertz CT molecular complexity index is 808. The highest BCUT2D eigenvalue weighted by Crippen LogP contribution is 2.29. The minimum Gasteiger partial charge on any atom is -0.396 e. The molecule has 1 atom stereocenters. The van der Waals surface area contributed by atoms with Gasteiger partial charge in [0.1, 0.15) is 5.82 Å². The van der Waals surface area contributed by atoms with E-state index in [2.05, 4.69) is 46.7 Å². The second kappa shape index (κ2) is 8.78. The lowest BCUT2D eigenvalue weighted by molar-refractivity contribution is 0.262. The van der Waals surface area contributed by atoms with Gasteiger partial charge in [0.25, 0.3) is 0 Å². The monoisotopic (exact) mass is 381 g/mol. The molecule has 1 fully saturated rings. The molecule has 4 rings (SSSR count). The largest absolute Gasteiger partial charge is 0.396 e. The fourth-order valence-electron chi connectivity index (χ4n) is 4.32. The number of benzene rings is 1. The van der Waals surface area contributed by atoms with Crippen LogP contribution in [0, 0.1) is 0 Å². The van der Waals surface area contributed by atoms with E-state index in [1.165, 1.54) is 24.1 Å². The van der Waals surface area contributed by atoms with Crippen LogP contribution in [0.1, 0.15) is 50.3 Å². The van der Waals surface area contributed by atoms with Crippen LogP contribution in [0.25, 0.3) is 0 Å². The highest BCUT2D eigenvalue weighted by Gasteiger charge is 2.24. The molecule has 1 saturated heterocycles. The minimum absolute atomic E-state index is 0.224. The molecule has 1 aromatic carbocycles. The second-order valence-corrected chi connectivity index (χ2v) is 7.82. The van der Waals surface area contributed by atoms with E-state index in [4.69, 9.17) is 9.97 Å². The van der Waals surface area contributed by atoms with Crippen LogP contribution in [0.15, 0.2) is 24.3 Å². The normalized spacial score (nSPS) is 18.6. The average molecular weight is 382 g/mol. The second-order valence-electron chi connectivity index (χ2n) is 7.82. The van der Waals surface area contributed by atoms with Crippen molar-refractivity contribution in [2.75, 3.05) is 35.2 Å². The predicted octanol–water partition coefficient (Wildman–Crippen LogP) is 3.88. The van der Waals surface area contributed by atoms with Gasteiger partial charge in [-0.05, 0) is 56.2 Å². The summed E-state index contributed by atoms with van der Waals surface area (Å²) in [4.78, 5) is 12.0. The minimum atomic E-state index is 0.224. The van der Waals surface area contributed by atoms with Crippen LogP contribution in [0.3, 0.4) is 0 Å². The zero-order chi connectivity index (χ0) is 19.3. The third-order valence-corrected chi connectivity index (χ3v) is 5.73. The van der Waals surface area contributed by atoms with Crippen molar-refractivity contribution in [1.29, 1.82) is 0 Å². The third kappa shape index (κ3) is 4.22. The van der Waals surface area contributed by atoms with Crippen LogP contribution >= 0.6 is 0 Å². The Kier molecular flexibility index (Phi) is 5.95. The maximum Gasteiger partial charge on any atom is 0.229 e. The molecule has 6 heteroatoms. The van der Waals surface area contributed by atoms with Crippen molar-refractivity contribution in [3.05, 3.63) is 35.5 Å². The smallest absolute Gasteiger partial charge is 0.229 e. The first-order valence-corrected chi connectivity index (χ1v) is 10.7. The number of hydrogen-bond acceptors (Lipinski definition) is 6. The molecule has 0 aliphatic carbocycles. The molecule has 2 aliphatic rings. The summed E-state index contributed by atoms with van der Waals surface area (Å²) in [6.07, 6.45) is 7.39. The molecule has 6 nitrogen and oxygen atoms in total. The fraction of sp³-hybridized carbons (Fsp3) is 0.545. The molecule has 0 bridgehead atoms. The van der Waals surface area contributed by atoms with Gasteiger partial charge in [-0.3, -0.25) is 0 Å². The molecular weight excluding hydrogens is 350 g/mol. The van der Waals surface area contributed by atoms with Crippen LogP contribution in [0.2, 0.25) is 0 Å². The van der Waals surface area contributed by atoms with Crippen LogP contribution < -0.4 is 15.5 Å². The number of rotatable bonds is 7. The molecule has 1 aromatic heterocycles. The van der Waals surface area contributed by atoms with Crippen molar-refractivity contribution in [2.24, 2.45) is 0 Å². The zero-order valence-corrected chi connectivity index (χ0v) is 16.7. The molecule has 150 valence electrons. The molecule has 3 N–H and O–H groups in total. The molecule has 0 saturated carbocycles. The Morgan fingerprint density at radius 2 is 2.18 bits per heavy atom. The van der Waals surface area contributed by atoms with E-state index < -0.39 is 0 Å². The first-order valence-electron chi connectivity index (χ1n) is 10.7. The van der Waals surface area contributed by atoms with Crippen LogP contribution in [0.5, 0.6) is 0 Å².